The Kier molecular flexibility index (Phi) is 5.66. The number of nitrogens with one attached hydrogen (secondary N) is 1. The van der Waals surface area contributed by atoms with Crippen LogP contribution in [0.4, 0.5) is 0 Å². The number of aliphatic imine (C=N–C) groups is 1. The van der Waals surface area contributed by atoms with Crippen molar-refractivity contribution in [1.29, 1.82) is 0 Å². The summed E-state index contributed by atoms with van der Waals surface area (Å²) in [4.78, 5) is 6.05. The zero-order valence-corrected chi connectivity index (χ0v) is 10.9. The highest BCUT2D eigenvalue weighted by Gasteiger charge is 2.11. The number of ether oxygens (including phenoxy) is 1. The van der Waals surface area contributed by atoms with Crippen LogP contribution in [0, 0.1) is 0 Å². The molecule has 1 rings (SSSR count). The van der Waals surface area contributed by atoms with Crippen molar-refractivity contribution in [1.82, 2.24) is 9.62 Å². The molecule has 0 aromatic carbocycles. The molecule has 0 aliphatic carbocycles. The normalized spacial score (nSPS) is 18.4. The Morgan fingerprint density at radius 2 is 2.12 bits per heavy atom. The topological polar surface area (TPSA) is 97.0 Å². The van der Waals surface area contributed by atoms with Crippen LogP contribution in [-0.2, 0) is 14.8 Å². The Morgan fingerprint density at radius 1 is 1.47 bits per heavy atom. The smallest absolute Gasteiger partial charge is 0.211 e. The van der Waals surface area contributed by atoms with Gasteiger partial charge in [-0.2, -0.15) is 0 Å². The van der Waals surface area contributed by atoms with Crippen LogP contribution in [0.25, 0.3) is 0 Å². The van der Waals surface area contributed by atoms with Gasteiger partial charge < -0.3 is 15.4 Å². The predicted octanol–water partition coefficient (Wildman–Crippen LogP) is -1.43. The lowest BCUT2D eigenvalue weighted by molar-refractivity contribution is 0.0674. The largest absolute Gasteiger partial charge is 0.378 e. The van der Waals surface area contributed by atoms with Gasteiger partial charge in [-0.05, 0) is 6.92 Å². The zero-order chi connectivity index (χ0) is 12.7. The van der Waals surface area contributed by atoms with Gasteiger partial charge in [-0.3, -0.25) is 4.99 Å². The van der Waals surface area contributed by atoms with Crippen molar-refractivity contribution in [3.63, 3.8) is 0 Å². The fourth-order valence-electron chi connectivity index (χ4n) is 1.37. The molecule has 0 aromatic heterocycles. The first-order valence-electron chi connectivity index (χ1n) is 5.65. The van der Waals surface area contributed by atoms with E-state index in [2.05, 4.69) is 9.71 Å². The van der Waals surface area contributed by atoms with Gasteiger partial charge in [-0.25, -0.2) is 13.1 Å². The molecular formula is C9H20N4O3S. The predicted molar refractivity (Wildman–Crippen MR) is 66.3 cm³/mol. The third kappa shape index (κ3) is 5.33. The van der Waals surface area contributed by atoms with Crippen molar-refractivity contribution in [2.45, 2.75) is 6.92 Å². The highest BCUT2D eigenvalue weighted by atomic mass is 32.2. The van der Waals surface area contributed by atoms with E-state index < -0.39 is 10.0 Å². The van der Waals surface area contributed by atoms with Crippen LogP contribution in [0.1, 0.15) is 6.92 Å². The van der Waals surface area contributed by atoms with Crippen molar-refractivity contribution in [3.05, 3.63) is 0 Å². The van der Waals surface area contributed by atoms with Crippen LogP contribution in [0.3, 0.4) is 0 Å². The molecule has 1 aliphatic heterocycles. The van der Waals surface area contributed by atoms with Crippen LogP contribution in [0.5, 0.6) is 0 Å². The number of morpholine rings is 1. The molecule has 100 valence electrons. The molecular weight excluding hydrogens is 244 g/mol. The van der Waals surface area contributed by atoms with Crippen molar-refractivity contribution in [3.8, 4) is 0 Å². The van der Waals surface area contributed by atoms with Crippen LogP contribution in [0.2, 0.25) is 0 Å². The van der Waals surface area contributed by atoms with Gasteiger partial charge in [-0.15, -0.1) is 0 Å². The summed E-state index contributed by atoms with van der Waals surface area (Å²) in [7, 11) is -3.14. The summed E-state index contributed by atoms with van der Waals surface area (Å²) in [5.41, 5.74) is 5.77. The fourth-order valence-corrected chi connectivity index (χ4v) is 1.97. The molecule has 0 unspecified atom stereocenters. The van der Waals surface area contributed by atoms with E-state index in [1.54, 1.807) is 6.92 Å². The van der Waals surface area contributed by atoms with E-state index in [0.29, 0.717) is 25.7 Å². The third-order valence-electron chi connectivity index (χ3n) is 2.42. The summed E-state index contributed by atoms with van der Waals surface area (Å²) in [5.74, 6) is 0.527. The number of nitrogens with zero attached hydrogens (tertiary/aromatic N) is 2. The molecule has 0 radical (unpaired) electrons. The van der Waals surface area contributed by atoms with Crippen LogP contribution in [0.15, 0.2) is 4.99 Å². The minimum Gasteiger partial charge on any atom is -0.378 e. The first-order chi connectivity index (χ1) is 8.05. The Bertz CT molecular complexity index is 349. The van der Waals surface area contributed by atoms with E-state index in [4.69, 9.17) is 10.5 Å². The number of guanidine groups is 1. The molecule has 1 heterocycles. The Hall–Kier alpha value is -0.860. The minimum absolute atomic E-state index is 0.0790. The molecule has 1 saturated heterocycles. The van der Waals surface area contributed by atoms with Gasteiger partial charge in [0.25, 0.3) is 0 Å². The van der Waals surface area contributed by atoms with Crippen LogP contribution in [-0.4, -0.2) is 64.4 Å². The molecule has 0 spiro atoms. The molecule has 17 heavy (non-hydrogen) atoms. The SMILES string of the molecule is CCS(=O)(=O)NCCN=C(N)N1CCOCC1. The number of rotatable bonds is 5. The third-order valence-corrected chi connectivity index (χ3v) is 3.83. The summed E-state index contributed by atoms with van der Waals surface area (Å²) in [6, 6.07) is 0. The van der Waals surface area contributed by atoms with E-state index in [9.17, 15) is 8.42 Å². The maximum atomic E-state index is 11.1. The van der Waals surface area contributed by atoms with E-state index in [0.717, 1.165) is 13.1 Å². The van der Waals surface area contributed by atoms with Gasteiger partial charge >= 0.3 is 0 Å². The maximum absolute atomic E-state index is 11.1. The zero-order valence-electron chi connectivity index (χ0n) is 10.1. The van der Waals surface area contributed by atoms with E-state index in [1.807, 2.05) is 4.90 Å². The monoisotopic (exact) mass is 264 g/mol. The van der Waals surface area contributed by atoms with Crippen molar-refractivity contribution in [2.24, 2.45) is 10.7 Å². The van der Waals surface area contributed by atoms with Gasteiger partial charge in [0.1, 0.15) is 0 Å². The lowest BCUT2D eigenvalue weighted by Gasteiger charge is -2.27. The molecule has 0 amide bonds. The van der Waals surface area contributed by atoms with Crippen molar-refractivity contribution in [2.75, 3.05) is 45.1 Å². The number of sulfonamides is 1. The summed E-state index contributed by atoms with van der Waals surface area (Å²) in [5, 5.41) is 0. The summed E-state index contributed by atoms with van der Waals surface area (Å²) < 4.78 is 29.9. The van der Waals surface area contributed by atoms with Crippen molar-refractivity contribution >= 4 is 16.0 Å². The van der Waals surface area contributed by atoms with Crippen LogP contribution < -0.4 is 10.5 Å². The second-order valence-corrected chi connectivity index (χ2v) is 5.73. The average Bonchev–Trinajstić information content (AvgIpc) is 2.35. The Labute approximate surface area is 102 Å². The van der Waals surface area contributed by atoms with Crippen LogP contribution >= 0.6 is 0 Å². The molecule has 7 nitrogen and oxygen atoms in total. The quantitative estimate of drug-likeness (QED) is 0.360. The molecule has 1 aliphatic rings. The van der Waals surface area contributed by atoms with Gasteiger partial charge in [0.2, 0.25) is 10.0 Å². The molecule has 0 aromatic rings. The summed E-state index contributed by atoms with van der Waals surface area (Å²) >= 11 is 0. The Morgan fingerprint density at radius 3 is 2.71 bits per heavy atom. The molecule has 0 saturated carbocycles. The minimum atomic E-state index is -3.14. The first kappa shape index (κ1) is 14.2. The highest BCUT2D eigenvalue weighted by molar-refractivity contribution is 7.89. The standard InChI is InChI=1S/C9H20N4O3S/c1-2-17(14,15)12-4-3-11-9(10)13-5-7-16-8-6-13/h12H,2-8H2,1H3,(H2,10,11). The van der Waals surface area contributed by atoms with Gasteiger partial charge in [-0.1, -0.05) is 0 Å². The Balaban J connectivity index is 2.28. The molecule has 8 heteroatoms. The molecule has 1 fully saturated rings. The second-order valence-electron chi connectivity index (χ2n) is 3.64. The van der Waals surface area contributed by atoms with E-state index in [-0.39, 0.29) is 12.3 Å². The highest BCUT2D eigenvalue weighted by Crippen LogP contribution is 1.95. The molecule has 3 N–H and O–H groups in total. The van der Waals surface area contributed by atoms with E-state index >= 15 is 0 Å². The van der Waals surface area contributed by atoms with Gasteiger partial charge in [0.05, 0.1) is 25.5 Å². The lowest BCUT2D eigenvalue weighted by atomic mass is 10.4. The maximum Gasteiger partial charge on any atom is 0.211 e. The average molecular weight is 264 g/mol. The van der Waals surface area contributed by atoms with Crippen molar-refractivity contribution < 1.29 is 13.2 Å². The number of nitrogens with two attached hydrogens (primary N) is 1. The second kappa shape index (κ2) is 6.77. The van der Waals surface area contributed by atoms with E-state index in [1.165, 1.54) is 0 Å². The van der Waals surface area contributed by atoms with Gasteiger partial charge in [0, 0.05) is 19.6 Å². The number of hydrogen-bond donors (Lipinski definition) is 2. The fraction of sp³-hybridized carbons (Fsp3) is 0.889. The van der Waals surface area contributed by atoms with Gasteiger partial charge in [0.15, 0.2) is 5.96 Å². The summed E-state index contributed by atoms with van der Waals surface area (Å²) in [6.07, 6.45) is 0. The molecule has 0 bridgehead atoms. The lowest BCUT2D eigenvalue weighted by Crippen LogP contribution is -2.45. The number of hydrogen-bond acceptors (Lipinski definition) is 4. The first-order valence-corrected chi connectivity index (χ1v) is 7.30. The molecule has 0 atom stereocenters. The summed E-state index contributed by atoms with van der Waals surface area (Å²) in [6.45, 7) is 4.99.